The fourth-order valence-electron chi connectivity index (χ4n) is 0.939. The molecule has 0 aromatic heterocycles. The Balaban J connectivity index is 2.53. The lowest BCUT2D eigenvalue weighted by Gasteiger charge is -2.09. The second-order valence-corrected chi connectivity index (χ2v) is 2.98. The molecule has 0 heterocycles. The molecule has 0 saturated heterocycles. The van der Waals surface area contributed by atoms with E-state index in [-0.39, 0.29) is 18.8 Å². The Morgan fingerprint density at radius 3 is 2.40 bits per heavy atom. The molecule has 0 aliphatic carbocycles. The molecule has 5 nitrogen and oxygen atoms in total. The van der Waals surface area contributed by atoms with E-state index < -0.39 is 12.1 Å². The van der Waals surface area contributed by atoms with Crippen LogP contribution in [0.5, 0.6) is 5.75 Å². The van der Waals surface area contributed by atoms with Crippen LogP contribution in [0, 0.1) is 0 Å². The zero-order chi connectivity index (χ0) is 11.3. The first-order valence-corrected chi connectivity index (χ1v) is 4.38. The normalized spacial score (nSPS) is 12.1. The molecule has 0 fully saturated rings. The van der Waals surface area contributed by atoms with Gasteiger partial charge in [0.15, 0.2) is 0 Å². The number of carboxylic acids is 1. The van der Waals surface area contributed by atoms with Crippen LogP contribution in [0.1, 0.15) is 10.4 Å². The summed E-state index contributed by atoms with van der Waals surface area (Å²) in [6.45, 7) is -0.393. The first-order valence-electron chi connectivity index (χ1n) is 4.38. The maximum Gasteiger partial charge on any atom is 0.335 e. The predicted octanol–water partition coefficient (Wildman–Crippen LogP) is 0.117. The number of rotatable bonds is 5. The minimum absolute atomic E-state index is 0.0249. The first-order chi connectivity index (χ1) is 7.13. The number of aromatic carboxylic acids is 1. The van der Waals surface area contributed by atoms with Crippen LogP contribution in [0.3, 0.4) is 0 Å². The van der Waals surface area contributed by atoms with E-state index in [1.54, 1.807) is 0 Å². The predicted molar refractivity (Wildman–Crippen MR) is 52.0 cm³/mol. The van der Waals surface area contributed by atoms with Gasteiger partial charge in [0.05, 0.1) is 12.2 Å². The van der Waals surface area contributed by atoms with Gasteiger partial charge in [-0.05, 0) is 24.3 Å². The molecule has 1 aromatic rings. The summed E-state index contributed by atoms with van der Waals surface area (Å²) in [7, 11) is 0. The first kappa shape index (κ1) is 11.5. The van der Waals surface area contributed by atoms with Crippen molar-refractivity contribution in [2.45, 2.75) is 6.10 Å². The summed E-state index contributed by atoms with van der Waals surface area (Å²) < 4.78 is 5.09. The van der Waals surface area contributed by atoms with Crippen LogP contribution in [-0.4, -0.2) is 40.6 Å². The maximum absolute atomic E-state index is 10.5. The molecule has 15 heavy (non-hydrogen) atoms. The number of benzene rings is 1. The molecule has 1 rings (SSSR count). The highest BCUT2D eigenvalue weighted by Gasteiger charge is 2.04. The Kier molecular flexibility index (Phi) is 4.08. The molecule has 0 saturated carbocycles. The molecule has 0 aliphatic heterocycles. The van der Waals surface area contributed by atoms with E-state index in [1.165, 1.54) is 24.3 Å². The number of ether oxygens (including phenoxy) is 1. The summed E-state index contributed by atoms with van der Waals surface area (Å²) in [6.07, 6.45) is -0.927. The molecule has 0 amide bonds. The van der Waals surface area contributed by atoms with E-state index in [2.05, 4.69) is 0 Å². The van der Waals surface area contributed by atoms with Gasteiger partial charge in [0.2, 0.25) is 0 Å². The SMILES string of the molecule is O=C(O)c1ccc(OC[C@H](O)CO)cc1. The van der Waals surface area contributed by atoms with Crippen molar-refractivity contribution in [1.82, 2.24) is 0 Å². The smallest absolute Gasteiger partial charge is 0.335 e. The summed E-state index contributed by atoms with van der Waals surface area (Å²) in [5.41, 5.74) is 0.171. The topological polar surface area (TPSA) is 87.0 Å². The highest BCUT2D eigenvalue weighted by Crippen LogP contribution is 2.12. The molecule has 0 bridgehead atoms. The van der Waals surface area contributed by atoms with Gasteiger partial charge in [-0.3, -0.25) is 0 Å². The molecule has 1 aromatic carbocycles. The van der Waals surface area contributed by atoms with Crippen LogP contribution in [0.2, 0.25) is 0 Å². The van der Waals surface area contributed by atoms with Crippen molar-refractivity contribution in [1.29, 1.82) is 0 Å². The fourth-order valence-corrected chi connectivity index (χ4v) is 0.939. The minimum Gasteiger partial charge on any atom is -0.491 e. The summed E-state index contributed by atoms with van der Waals surface area (Å²) in [5, 5.41) is 26.1. The largest absolute Gasteiger partial charge is 0.491 e. The van der Waals surface area contributed by atoms with E-state index >= 15 is 0 Å². The second kappa shape index (κ2) is 5.33. The standard InChI is InChI=1S/C10H12O5/c11-5-8(12)6-15-9-3-1-7(2-4-9)10(13)14/h1-4,8,11-12H,5-6H2,(H,13,14)/t8-/m1/s1. The zero-order valence-corrected chi connectivity index (χ0v) is 7.96. The van der Waals surface area contributed by atoms with Crippen LogP contribution in [0.25, 0.3) is 0 Å². The molecular formula is C10H12O5. The molecule has 1 atom stereocenters. The van der Waals surface area contributed by atoms with Crippen LogP contribution in [0.4, 0.5) is 0 Å². The monoisotopic (exact) mass is 212 g/mol. The fraction of sp³-hybridized carbons (Fsp3) is 0.300. The van der Waals surface area contributed by atoms with Crippen LogP contribution in [-0.2, 0) is 0 Å². The minimum atomic E-state index is -1.00. The zero-order valence-electron chi connectivity index (χ0n) is 7.96. The Morgan fingerprint density at radius 2 is 1.93 bits per heavy atom. The van der Waals surface area contributed by atoms with Gasteiger partial charge in [-0.25, -0.2) is 4.79 Å². The van der Waals surface area contributed by atoms with Gasteiger partial charge >= 0.3 is 5.97 Å². The summed E-state index contributed by atoms with van der Waals surface area (Å²) in [4.78, 5) is 10.5. The number of hydrogen-bond donors (Lipinski definition) is 3. The summed E-state index contributed by atoms with van der Waals surface area (Å²) in [6, 6.07) is 5.80. The second-order valence-electron chi connectivity index (χ2n) is 2.98. The summed E-state index contributed by atoms with van der Waals surface area (Å²) >= 11 is 0. The molecule has 82 valence electrons. The third kappa shape index (κ3) is 3.57. The van der Waals surface area contributed by atoms with E-state index in [1.807, 2.05) is 0 Å². The lowest BCUT2D eigenvalue weighted by Crippen LogP contribution is -2.21. The highest BCUT2D eigenvalue weighted by atomic mass is 16.5. The third-order valence-corrected chi connectivity index (χ3v) is 1.75. The number of carboxylic acid groups (broad SMARTS) is 1. The number of aliphatic hydroxyl groups excluding tert-OH is 2. The van der Waals surface area contributed by atoms with Crippen molar-refractivity contribution in [3.8, 4) is 5.75 Å². The highest BCUT2D eigenvalue weighted by molar-refractivity contribution is 5.87. The Morgan fingerprint density at radius 1 is 1.33 bits per heavy atom. The van der Waals surface area contributed by atoms with Crippen molar-refractivity contribution in [3.05, 3.63) is 29.8 Å². The molecule has 0 unspecified atom stereocenters. The van der Waals surface area contributed by atoms with Crippen molar-refractivity contribution < 1.29 is 24.9 Å². The molecule has 5 heteroatoms. The van der Waals surface area contributed by atoms with Gasteiger partial charge in [0, 0.05) is 0 Å². The lowest BCUT2D eigenvalue weighted by atomic mass is 10.2. The van der Waals surface area contributed by atoms with E-state index in [0.29, 0.717) is 5.75 Å². The molecule has 0 aliphatic rings. The number of aliphatic hydroxyl groups is 2. The van der Waals surface area contributed by atoms with Gasteiger partial charge in [0.25, 0.3) is 0 Å². The van der Waals surface area contributed by atoms with Gasteiger partial charge < -0.3 is 20.1 Å². The molecule has 0 spiro atoms. The summed E-state index contributed by atoms with van der Waals surface area (Å²) in [5.74, 6) is -0.551. The quantitative estimate of drug-likeness (QED) is 0.645. The van der Waals surface area contributed by atoms with E-state index in [4.69, 9.17) is 20.1 Å². The Bertz CT molecular complexity index is 319. The number of hydrogen-bond acceptors (Lipinski definition) is 4. The van der Waals surface area contributed by atoms with Crippen molar-refractivity contribution in [2.75, 3.05) is 13.2 Å². The number of carbonyl (C=O) groups is 1. The Hall–Kier alpha value is -1.59. The van der Waals surface area contributed by atoms with Crippen molar-refractivity contribution in [2.24, 2.45) is 0 Å². The van der Waals surface area contributed by atoms with Gasteiger partial charge in [-0.2, -0.15) is 0 Å². The van der Waals surface area contributed by atoms with Crippen molar-refractivity contribution in [3.63, 3.8) is 0 Å². The Labute approximate surface area is 86.5 Å². The average Bonchev–Trinajstić information content (AvgIpc) is 2.26. The third-order valence-electron chi connectivity index (χ3n) is 1.75. The van der Waals surface area contributed by atoms with Gasteiger partial charge in [0.1, 0.15) is 18.5 Å². The van der Waals surface area contributed by atoms with Gasteiger partial charge in [-0.15, -0.1) is 0 Å². The van der Waals surface area contributed by atoms with Crippen LogP contribution < -0.4 is 4.74 Å². The molecular weight excluding hydrogens is 200 g/mol. The molecule has 3 N–H and O–H groups in total. The average molecular weight is 212 g/mol. The van der Waals surface area contributed by atoms with Crippen LogP contribution >= 0.6 is 0 Å². The lowest BCUT2D eigenvalue weighted by molar-refractivity contribution is 0.0536. The maximum atomic E-state index is 10.5. The van der Waals surface area contributed by atoms with Crippen LogP contribution in [0.15, 0.2) is 24.3 Å². The molecule has 0 radical (unpaired) electrons. The van der Waals surface area contributed by atoms with Crippen molar-refractivity contribution >= 4 is 5.97 Å². The van der Waals surface area contributed by atoms with E-state index in [0.717, 1.165) is 0 Å². The van der Waals surface area contributed by atoms with E-state index in [9.17, 15) is 4.79 Å². The van der Waals surface area contributed by atoms with Gasteiger partial charge in [-0.1, -0.05) is 0 Å².